The van der Waals surface area contributed by atoms with E-state index in [1.165, 1.54) is 6.08 Å². The molecule has 1 rings (SSSR count). The van der Waals surface area contributed by atoms with E-state index < -0.39 is 53.8 Å². The summed E-state index contributed by atoms with van der Waals surface area (Å²) in [5.74, 6) is -2.69. The first-order valence-electron chi connectivity index (χ1n) is 12.7. The lowest BCUT2D eigenvalue weighted by Crippen LogP contribution is -2.56. The number of ether oxygens (including phenoxy) is 1. The minimum Gasteiger partial charge on any atom is -0.456 e. The zero-order valence-corrected chi connectivity index (χ0v) is 23.7. The summed E-state index contributed by atoms with van der Waals surface area (Å²) in [6.45, 7) is 10.4. The first-order chi connectivity index (χ1) is 17.4. The van der Waals surface area contributed by atoms with Crippen molar-refractivity contribution in [1.29, 1.82) is 0 Å². The third-order valence-corrected chi connectivity index (χ3v) is 6.44. The van der Waals surface area contributed by atoms with Crippen LogP contribution in [0.15, 0.2) is 23.9 Å². The van der Waals surface area contributed by atoms with Crippen molar-refractivity contribution < 1.29 is 28.7 Å². The van der Waals surface area contributed by atoms with Crippen LogP contribution in [0.2, 0.25) is 0 Å². The number of thioether (sulfide) groups is 1. The first-order valence-corrected chi connectivity index (χ1v) is 14.1. The Morgan fingerprint density at radius 1 is 0.973 bits per heavy atom. The number of hydrogen-bond donors (Lipinski definition) is 4. The standard InChI is InChI=1S/C26H42N4O6S/c1-8-18-23(32)27-19(9-2)24(33)30-22(16(5)6)26(35)36-17(12-10-11-13-37-7)14-20(31)29-21(15(3)4)25(34)28-18/h9-10,12,15-18,21-22H,8,11,13-14H2,1-7H3,(H,27,32)(H,28,34)(H,29,31)(H,30,33)/b12-10+,19-9-/t17-,18?,21-,22+/m1/s1. The van der Waals surface area contributed by atoms with Gasteiger partial charge in [-0.2, -0.15) is 11.8 Å². The van der Waals surface area contributed by atoms with Crippen LogP contribution in [0, 0.1) is 11.8 Å². The van der Waals surface area contributed by atoms with Crippen LogP contribution in [0.1, 0.15) is 60.8 Å². The minimum absolute atomic E-state index is 0.0505. The Hall–Kier alpha value is -2.82. The van der Waals surface area contributed by atoms with Gasteiger partial charge in [-0.25, -0.2) is 4.79 Å². The molecule has 10 nitrogen and oxygen atoms in total. The third-order valence-electron chi connectivity index (χ3n) is 5.80. The number of esters is 1. The number of cyclic esters (lactones) is 1. The van der Waals surface area contributed by atoms with E-state index in [1.807, 2.05) is 12.3 Å². The van der Waals surface area contributed by atoms with E-state index in [-0.39, 0.29) is 30.4 Å². The van der Waals surface area contributed by atoms with Crippen LogP contribution in [0.5, 0.6) is 0 Å². The zero-order chi connectivity index (χ0) is 28.1. The second kappa shape index (κ2) is 16.1. The maximum atomic E-state index is 13.1. The molecule has 0 aromatic heterocycles. The largest absolute Gasteiger partial charge is 0.456 e. The predicted molar refractivity (Wildman–Crippen MR) is 144 cm³/mol. The number of carbonyl (C=O) groups excluding carboxylic acids is 5. The average Bonchev–Trinajstić information content (AvgIpc) is 2.83. The van der Waals surface area contributed by atoms with E-state index in [0.29, 0.717) is 0 Å². The molecule has 0 saturated carbocycles. The minimum atomic E-state index is -1.01. The van der Waals surface area contributed by atoms with Crippen molar-refractivity contribution in [3.63, 3.8) is 0 Å². The van der Waals surface area contributed by atoms with Crippen LogP contribution in [-0.4, -0.2) is 65.8 Å². The molecule has 4 atom stereocenters. The molecule has 0 aromatic carbocycles. The Morgan fingerprint density at radius 2 is 1.62 bits per heavy atom. The van der Waals surface area contributed by atoms with Crippen LogP contribution in [-0.2, 0) is 28.7 Å². The van der Waals surface area contributed by atoms with E-state index in [4.69, 9.17) is 4.74 Å². The topological polar surface area (TPSA) is 143 Å². The first kappa shape index (κ1) is 32.2. The summed E-state index contributed by atoms with van der Waals surface area (Å²) in [7, 11) is 0. The monoisotopic (exact) mass is 538 g/mol. The van der Waals surface area contributed by atoms with Gasteiger partial charge in [-0.15, -0.1) is 0 Å². The molecule has 1 unspecified atom stereocenters. The molecule has 4 N–H and O–H groups in total. The fourth-order valence-electron chi connectivity index (χ4n) is 3.57. The molecule has 1 saturated heterocycles. The fourth-order valence-corrected chi connectivity index (χ4v) is 3.94. The Balaban J connectivity index is 3.42. The molecule has 0 bridgehead atoms. The van der Waals surface area contributed by atoms with Crippen molar-refractivity contribution >= 4 is 41.4 Å². The highest BCUT2D eigenvalue weighted by Gasteiger charge is 2.33. The summed E-state index contributed by atoms with van der Waals surface area (Å²) in [6, 6.07) is -2.85. The van der Waals surface area contributed by atoms with Crippen molar-refractivity contribution in [2.75, 3.05) is 12.0 Å². The van der Waals surface area contributed by atoms with Gasteiger partial charge in [0, 0.05) is 0 Å². The molecule has 0 aromatic rings. The van der Waals surface area contributed by atoms with Crippen molar-refractivity contribution in [2.24, 2.45) is 11.8 Å². The summed E-state index contributed by atoms with van der Waals surface area (Å²) in [5.41, 5.74) is -0.0505. The van der Waals surface area contributed by atoms with Gasteiger partial charge < -0.3 is 26.0 Å². The van der Waals surface area contributed by atoms with Gasteiger partial charge >= 0.3 is 5.97 Å². The summed E-state index contributed by atoms with van der Waals surface area (Å²) >= 11 is 1.66. The lowest BCUT2D eigenvalue weighted by molar-refractivity contribution is -0.153. The van der Waals surface area contributed by atoms with Gasteiger partial charge in [-0.1, -0.05) is 46.8 Å². The van der Waals surface area contributed by atoms with E-state index in [2.05, 4.69) is 21.3 Å². The van der Waals surface area contributed by atoms with Gasteiger partial charge in [0.25, 0.3) is 5.91 Å². The molecule has 0 spiro atoms. The van der Waals surface area contributed by atoms with Crippen LogP contribution >= 0.6 is 11.8 Å². The maximum Gasteiger partial charge on any atom is 0.329 e. The molecule has 11 heteroatoms. The lowest BCUT2D eigenvalue weighted by atomic mass is 10.0. The highest BCUT2D eigenvalue weighted by molar-refractivity contribution is 7.98. The predicted octanol–water partition coefficient (Wildman–Crippen LogP) is 1.81. The van der Waals surface area contributed by atoms with Gasteiger partial charge in [0.15, 0.2) is 0 Å². The third kappa shape index (κ3) is 10.6. The molecular formula is C26H42N4O6S. The summed E-state index contributed by atoms with van der Waals surface area (Å²) < 4.78 is 5.66. The number of nitrogens with one attached hydrogen (secondary N) is 4. The lowest BCUT2D eigenvalue weighted by Gasteiger charge is -2.27. The second-order valence-corrected chi connectivity index (χ2v) is 10.5. The number of carbonyl (C=O) groups is 5. The molecule has 1 heterocycles. The maximum absolute atomic E-state index is 13.1. The van der Waals surface area contributed by atoms with Gasteiger partial charge in [0.2, 0.25) is 17.7 Å². The van der Waals surface area contributed by atoms with Gasteiger partial charge in [-0.05, 0) is 49.7 Å². The van der Waals surface area contributed by atoms with E-state index >= 15 is 0 Å². The Kier molecular flexibility index (Phi) is 14.0. The Labute approximate surface area is 224 Å². The van der Waals surface area contributed by atoms with E-state index in [9.17, 15) is 24.0 Å². The van der Waals surface area contributed by atoms with Crippen LogP contribution in [0.25, 0.3) is 0 Å². The number of amides is 4. The highest BCUT2D eigenvalue weighted by atomic mass is 32.2. The molecule has 4 amide bonds. The molecular weight excluding hydrogens is 496 g/mol. The molecule has 0 aliphatic carbocycles. The van der Waals surface area contributed by atoms with Crippen molar-refractivity contribution in [3.8, 4) is 0 Å². The molecule has 0 radical (unpaired) electrons. The zero-order valence-electron chi connectivity index (χ0n) is 22.9. The SMILES string of the molecule is C/C=C1\NC(=O)C(CC)NC(=O)[C@@H](C(C)C)NC(=O)C[C@@H](/C=C/CCSC)OC(=O)[C@H](C(C)C)NC1=O. The Morgan fingerprint density at radius 3 is 2.16 bits per heavy atom. The summed E-state index contributed by atoms with van der Waals surface area (Å²) in [6.07, 6.45) is 6.79. The van der Waals surface area contributed by atoms with E-state index in [1.54, 1.807) is 59.4 Å². The molecule has 1 aliphatic heterocycles. The number of rotatable bonds is 7. The smallest absolute Gasteiger partial charge is 0.329 e. The van der Waals surface area contributed by atoms with Gasteiger partial charge in [-0.3, -0.25) is 19.2 Å². The van der Waals surface area contributed by atoms with Crippen molar-refractivity contribution in [2.45, 2.75) is 85.0 Å². The van der Waals surface area contributed by atoms with E-state index in [0.717, 1.165) is 12.2 Å². The Bertz CT molecular complexity index is 886. The average molecular weight is 539 g/mol. The molecule has 1 fully saturated rings. The van der Waals surface area contributed by atoms with Crippen LogP contribution in [0.3, 0.4) is 0 Å². The van der Waals surface area contributed by atoms with Crippen molar-refractivity contribution in [3.05, 3.63) is 23.9 Å². The number of hydrogen-bond acceptors (Lipinski definition) is 7. The number of allylic oxidation sites excluding steroid dienone is 2. The summed E-state index contributed by atoms with van der Waals surface area (Å²) in [5, 5.41) is 10.6. The van der Waals surface area contributed by atoms with Crippen LogP contribution < -0.4 is 21.3 Å². The van der Waals surface area contributed by atoms with Crippen molar-refractivity contribution in [1.82, 2.24) is 21.3 Å². The summed E-state index contributed by atoms with van der Waals surface area (Å²) in [4.78, 5) is 64.9. The molecule has 37 heavy (non-hydrogen) atoms. The van der Waals surface area contributed by atoms with Gasteiger partial charge in [0.05, 0.1) is 6.42 Å². The van der Waals surface area contributed by atoms with Gasteiger partial charge in [0.1, 0.15) is 29.9 Å². The molecule has 1 aliphatic rings. The quantitative estimate of drug-likeness (QED) is 0.168. The highest BCUT2D eigenvalue weighted by Crippen LogP contribution is 2.12. The fraction of sp³-hybridized carbons (Fsp3) is 0.654. The second-order valence-electron chi connectivity index (χ2n) is 9.53. The normalized spacial score (nSPS) is 26.2. The molecule has 208 valence electrons. The van der Waals surface area contributed by atoms with Crippen LogP contribution in [0.4, 0.5) is 0 Å².